The second-order valence-corrected chi connectivity index (χ2v) is 4.83. The molecule has 20 heavy (non-hydrogen) atoms. The molecule has 6 nitrogen and oxygen atoms in total. The molecule has 0 aliphatic carbocycles. The van der Waals surface area contributed by atoms with Crippen LogP contribution < -0.4 is 15.8 Å². The van der Waals surface area contributed by atoms with Gasteiger partial charge >= 0.3 is 12.0 Å². The number of benzene rings is 1. The number of hydrogen-bond donors (Lipinski definition) is 2. The number of ether oxygens (including phenoxy) is 1. The van der Waals surface area contributed by atoms with Crippen molar-refractivity contribution in [3.63, 3.8) is 0 Å². The first kappa shape index (κ1) is 14.3. The largest absolute Gasteiger partial charge is 0.462 e. The van der Waals surface area contributed by atoms with Gasteiger partial charge in [-0.25, -0.2) is 20.0 Å². The van der Waals surface area contributed by atoms with Crippen LogP contribution in [0.25, 0.3) is 0 Å². The molecule has 1 aliphatic heterocycles. The molecule has 0 radical (unpaired) electrons. The van der Waals surface area contributed by atoms with Crippen molar-refractivity contribution in [2.45, 2.75) is 32.9 Å². The number of carbonyl (C=O) groups is 2. The van der Waals surface area contributed by atoms with E-state index in [0.717, 1.165) is 6.42 Å². The number of urea groups is 1. The molecule has 108 valence electrons. The summed E-state index contributed by atoms with van der Waals surface area (Å²) in [6.07, 6.45) is 0.760. The van der Waals surface area contributed by atoms with Crippen LogP contribution in [-0.4, -0.2) is 24.3 Å². The third kappa shape index (κ3) is 2.75. The standard InChI is InChI=1S/C14H19N3O3/c1-4-14(3)15-13(19)17(16-14)11-8-6-10(7-9-11)12(18)20-5-2/h6-9,16H,4-5H2,1-3H3,(H,15,19). The van der Waals surface area contributed by atoms with Crippen LogP contribution in [0.15, 0.2) is 24.3 Å². The van der Waals surface area contributed by atoms with Gasteiger partial charge in [-0.1, -0.05) is 6.92 Å². The summed E-state index contributed by atoms with van der Waals surface area (Å²) in [5.41, 5.74) is 3.81. The number of anilines is 1. The summed E-state index contributed by atoms with van der Waals surface area (Å²) in [7, 11) is 0. The minimum Gasteiger partial charge on any atom is -0.462 e. The number of carbonyl (C=O) groups excluding carboxylic acids is 2. The zero-order valence-electron chi connectivity index (χ0n) is 11.9. The van der Waals surface area contributed by atoms with Crippen LogP contribution in [0, 0.1) is 0 Å². The van der Waals surface area contributed by atoms with Crippen molar-refractivity contribution in [1.82, 2.24) is 10.7 Å². The average Bonchev–Trinajstić information content (AvgIpc) is 2.75. The number of esters is 1. The Balaban J connectivity index is 2.15. The van der Waals surface area contributed by atoms with Crippen LogP contribution in [0.5, 0.6) is 0 Å². The van der Waals surface area contributed by atoms with Gasteiger partial charge in [-0.15, -0.1) is 0 Å². The predicted octanol–water partition coefficient (Wildman–Crippen LogP) is 2.02. The van der Waals surface area contributed by atoms with Crippen LogP contribution in [0.3, 0.4) is 0 Å². The molecule has 1 unspecified atom stereocenters. The Morgan fingerprint density at radius 1 is 1.30 bits per heavy atom. The molecule has 2 N–H and O–H groups in total. The van der Waals surface area contributed by atoms with E-state index in [-0.39, 0.29) is 12.0 Å². The zero-order valence-corrected chi connectivity index (χ0v) is 11.9. The summed E-state index contributed by atoms with van der Waals surface area (Å²) >= 11 is 0. The second kappa shape index (κ2) is 5.50. The van der Waals surface area contributed by atoms with Crippen molar-refractivity contribution in [2.24, 2.45) is 0 Å². The first-order valence-corrected chi connectivity index (χ1v) is 6.66. The summed E-state index contributed by atoms with van der Waals surface area (Å²) in [4.78, 5) is 23.5. The van der Waals surface area contributed by atoms with Gasteiger partial charge < -0.3 is 10.1 Å². The number of hydrogen-bond acceptors (Lipinski definition) is 4. The zero-order chi connectivity index (χ0) is 14.8. The fourth-order valence-electron chi connectivity index (χ4n) is 1.93. The summed E-state index contributed by atoms with van der Waals surface area (Å²) in [5.74, 6) is -0.365. The minimum atomic E-state index is -0.448. The van der Waals surface area contributed by atoms with Crippen molar-refractivity contribution in [3.8, 4) is 0 Å². The highest BCUT2D eigenvalue weighted by Crippen LogP contribution is 2.21. The quantitative estimate of drug-likeness (QED) is 0.826. The van der Waals surface area contributed by atoms with E-state index in [1.54, 1.807) is 31.2 Å². The molecule has 1 atom stereocenters. The third-order valence-electron chi connectivity index (χ3n) is 3.29. The van der Waals surface area contributed by atoms with Crippen LogP contribution in [0.4, 0.5) is 10.5 Å². The molecule has 6 heteroatoms. The summed E-state index contributed by atoms with van der Waals surface area (Å²) < 4.78 is 4.92. The Kier molecular flexibility index (Phi) is 3.94. The van der Waals surface area contributed by atoms with E-state index in [4.69, 9.17) is 4.74 Å². The van der Waals surface area contributed by atoms with Gasteiger partial charge in [-0.05, 0) is 44.5 Å². The Labute approximate surface area is 118 Å². The highest BCUT2D eigenvalue weighted by atomic mass is 16.5. The number of nitrogens with one attached hydrogen (secondary N) is 2. The van der Waals surface area contributed by atoms with E-state index >= 15 is 0 Å². The Morgan fingerprint density at radius 2 is 1.95 bits per heavy atom. The molecule has 0 saturated carbocycles. The first-order valence-electron chi connectivity index (χ1n) is 6.66. The molecule has 0 bridgehead atoms. The van der Waals surface area contributed by atoms with Gasteiger partial charge in [0.05, 0.1) is 17.9 Å². The molecule has 1 heterocycles. The van der Waals surface area contributed by atoms with Gasteiger partial charge in [-0.3, -0.25) is 0 Å². The van der Waals surface area contributed by atoms with Gasteiger partial charge in [0.15, 0.2) is 0 Å². The molecule has 1 aliphatic rings. The smallest absolute Gasteiger partial charge is 0.338 e. The molecular weight excluding hydrogens is 258 g/mol. The maximum atomic E-state index is 11.9. The third-order valence-corrected chi connectivity index (χ3v) is 3.29. The highest BCUT2D eigenvalue weighted by molar-refractivity contribution is 5.95. The van der Waals surface area contributed by atoms with E-state index in [1.165, 1.54) is 5.01 Å². The normalized spacial score (nSPS) is 21.8. The number of nitrogens with zero attached hydrogens (tertiary/aromatic N) is 1. The maximum Gasteiger partial charge on any atom is 0.338 e. The minimum absolute atomic E-state index is 0.210. The summed E-state index contributed by atoms with van der Waals surface area (Å²) in [6.45, 7) is 6.00. The van der Waals surface area contributed by atoms with E-state index in [1.807, 2.05) is 13.8 Å². The van der Waals surface area contributed by atoms with Crippen molar-refractivity contribution in [3.05, 3.63) is 29.8 Å². The fraction of sp³-hybridized carbons (Fsp3) is 0.429. The highest BCUT2D eigenvalue weighted by Gasteiger charge is 2.37. The Hall–Kier alpha value is -2.08. The van der Waals surface area contributed by atoms with E-state index < -0.39 is 5.66 Å². The van der Waals surface area contributed by atoms with Crippen LogP contribution in [0.2, 0.25) is 0 Å². The van der Waals surface area contributed by atoms with Gasteiger partial charge in [0.2, 0.25) is 0 Å². The van der Waals surface area contributed by atoms with Crippen LogP contribution in [-0.2, 0) is 4.74 Å². The molecule has 1 aromatic rings. The van der Waals surface area contributed by atoms with Crippen molar-refractivity contribution in [2.75, 3.05) is 11.6 Å². The molecule has 1 fully saturated rings. The van der Waals surface area contributed by atoms with Gasteiger partial charge in [0.25, 0.3) is 0 Å². The SMILES string of the molecule is CCOC(=O)c1ccc(N2NC(C)(CC)NC2=O)cc1. The van der Waals surface area contributed by atoms with Crippen molar-refractivity contribution < 1.29 is 14.3 Å². The van der Waals surface area contributed by atoms with Crippen molar-refractivity contribution in [1.29, 1.82) is 0 Å². The monoisotopic (exact) mass is 277 g/mol. The van der Waals surface area contributed by atoms with E-state index in [0.29, 0.717) is 17.9 Å². The molecule has 0 aromatic heterocycles. The topological polar surface area (TPSA) is 70.7 Å². The lowest BCUT2D eigenvalue weighted by molar-refractivity contribution is 0.0526. The predicted molar refractivity (Wildman–Crippen MR) is 75.2 cm³/mol. The lowest BCUT2D eigenvalue weighted by Crippen LogP contribution is -2.47. The fourth-order valence-corrected chi connectivity index (χ4v) is 1.93. The Morgan fingerprint density at radius 3 is 2.45 bits per heavy atom. The molecular formula is C14H19N3O3. The molecule has 1 saturated heterocycles. The molecule has 2 rings (SSSR count). The van der Waals surface area contributed by atoms with Gasteiger partial charge in [-0.2, -0.15) is 0 Å². The molecule has 2 amide bonds. The van der Waals surface area contributed by atoms with E-state index in [2.05, 4.69) is 10.7 Å². The lowest BCUT2D eigenvalue weighted by atomic mass is 10.2. The molecule has 0 spiro atoms. The second-order valence-electron chi connectivity index (χ2n) is 4.83. The van der Waals surface area contributed by atoms with Crippen molar-refractivity contribution >= 4 is 17.7 Å². The number of amides is 2. The lowest BCUT2D eigenvalue weighted by Gasteiger charge is -2.23. The number of hydrazine groups is 1. The number of rotatable bonds is 4. The van der Waals surface area contributed by atoms with Gasteiger partial charge in [0, 0.05) is 0 Å². The van der Waals surface area contributed by atoms with E-state index in [9.17, 15) is 9.59 Å². The summed E-state index contributed by atoms with van der Waals surface area (Å²) in [5, 5.41) is 4.31. The average molecular weight is 277 g/mol. The first-order chi connectivity index (χ1) is 9.49. The molecule has 1 aromatic carbocycles. The summed E-state index contributed by atoms with van der Waals surface area (Å²) in [6, 6.07) is 6.49. The van der Waals surface area contributed by atoms with Crippen LogP contribution in [0.1, 0.15) is 37.6 Å². The Bertz CT molecular complexity index is 515. The van der Waals surface area contributed by atoms with Crippen LogP contribution >= 0.6 is 0 Å². The van der Waals surface area contributed by atoms with Gasteiger partial charge in [0.1, 0.15) is 5.66 Å². The maximum absolute atomic E-state index is 11.9.